The van der Waals surface area contributed by atoms with Crippen LogP contribution in [0.15, 0.2) is 47.3 Å². The molecule has 128 valence electrons. The first-order chi connectivity index (χ1) is 12.3. The fraction of sp³-hybridized carbons (Fsp3) is 0.368. The highest BCUT2D eigenvalue weighted by molar-refractivity contribution is 7.08. The van der Waals surface area contributed by atoms with Gasteiger partial charge in [0.25, 0.3) is 0 Å². The third-order valence-electron chi connectivity index (χ3n) is 5.79. The third kappa shape index (κ3) is 2.21. The van der Waals surface area contributed by atoms with Crippen molar-refractivity contribution in [3.8, 4) is 11.3 Å². The fourth-order valence-electron chi connectivity index (χ4n) is 4.52. The lowest BCUT2D eigenvalue weighted by Gasteiger charge is -2.38. The van der Waals surface area contributed by atoms with Crippen molar-refractivity contribution in [1.82, 2.24) is 20.3 Å². The fourth-order valence-corrected chi connectivity index (χ4v) is 5.17. The molecule has 1 saturated heterocycles. The normalized spacial score (nSPS) is 24.5. The number of aliphatic hydroxyl groups is 1. The third-order valence-corrected chi connectivity index (χ3v) is 6.47. The standard InChI is InChI=1S/C19H20N4OS/c24-18-17(23-11-16(21-22-23)13-5-10-25-12-13)14-3-1-2-4-15(14)19(18)6-8-20-9-7-19/h1-5,10-12,17-18,20,24H,6-9H2/t17-,18+/m1/s1. The van der Waals surface area contributed by atoms with E-state index in [1.54, 1.807) is 11.3 Å². The maximum absolute atomic E-state index is 11.4. The van der Waals surface area contributed by atoms with Crippen LogP contribution in [-0.4, -0.2) is 39.3 Å². The van der Waals surface area contributed by atoms with Gasteiger partial charge in [-0.25, -0.2) is 4.68 Å². The molecule has 0 bridgehead atoms. The van der Waals surface area contributed by atoms with Gasteiger partial charge in [-0.05, 0) is 48.5 Å². The van der Waals surface area contributed by atoms with Crippen LogP contribution in [0, 0.1) is 0 Å². The first-order valence-corrected chi connectivity index (χ1v) is 9.66. The molecule has 0 radical (unpaired) electrons. The van der Waals surface area contributed by atoms with E-state index in [-0.39, 0.29) is 11.5 Å². The number of aliphatic hydroxyl groups excluding tert-OH is 1. The quantitative estimate of drug-likeness (QED) is 0.744. The van der Waals surface area contributed by atoms with Crippen LogP contribution >= 0.6 is 11.3 Å². The van der Waals surface area contributed by atoms with Crippen LogP contribution in [0.2, 0.25) is 0 Å². The van der Waals surface area contributed by atoms with Gasteiger partial charge in [0.1, 0.15) is 11.7 Å². The summed E-state index contributed by atoms with van der Waals surface area (Å²) in [6.45, 7) is 1.88. The lowest BCUT2D eigenvalue weighted by Crippen LogP contribution is -2.47. The maximum atomic E-state index is 11.4. The molecule has 6 heteroatoms. The number of benzene rings is 1. The Morgan fingerprint density at radius 3 is 2.84 bits per heavy atom. The molecule has 1 fully saturated rings. The Balaban J connectivity index is 1.60. The summed E-state index contributed by atoms with van der Waals surface area (Å²) in [6.07, 6.45) is 3.39. The monoisotopic (exact) mass is 352 g/mol. The van der Waals surface area contributed by atoms with E-state index in [2.05, 4.69) is 45.3 Å². The largest absolute Gasteiger partial charge is 0.390 e. The van der Waals surface area contributed by atoms with E-state index >= 15 is 0 Å². The van der Waals surface area contributed by atoms with Gasteiger partial charge in [0, 0.05) is 16.4 Å². The predicted octanol–water partition coefficient (Wildman–Crippen LogP) is 2.59. The molecule has 5 nitrogen and oxygen atoms in total. The van der Waals surface area contributed by atoms with Gasteiger partial charge in [-0.2, -0.15) is 11.3 Å². The summed E-state index contributed by atoms with van der Waals surface area (Å²) in [5.41, 5.74) is 4.21. The summed E-state index contributed by atoms with van der Waals surface area (Å²) >= 11 is 1.65. The van der Waals surface area contributed by atoms with Crippen LogP contribution < -0.4 is 5.32 Å². The molecule has 1 spiro atoms. The number of thiophene rings is 1. The van der Waals surface area contributed by atoms with E-state index in [1.165, 1.54) is 11.1 Å². The minimum Gasteiger partial charge on any atom is -0.390 e. The summed E-state index contributed by atoms with van der Waals surface area (Å²) in [7, 11) is 0. The van der Waals surface area contributed by atoms with E-state index in [9.17, 15) is 5.11 Å². The molecule has 0 unspecified atom stereocenters. The number of rotatable bonds is 2. The van der Waals surface area contributed by atoms with Gasteiger partial charge >= 0.3 is 0 Å². The van der Waals surface area contributed by atoms with Gasteiger partial charge in [0.05, 0.1) is 12.3 Å². The number of nitrogens with zero attached hydrogens (tertiary/aromatic N) is 3. The van der Waals surface area contributed by atoms with Crippen LogP contribution in [0.1, 0.15) is 30.0 Å². The Bertz CT molecular complexity index is 882. The van der Waals surface area contributed by atoms with E-state index in [1.807, 2.05) is 22.3 Å². The lowest BCUT2D eigenvalue weighted by molar-refractivity contribution is 0.0421. The highest BCUT2D eigenvalue weighted by Gasteiger charge is 2.52. The molecule has 1 aliphatic carbocycles. The first-order valence-electron chi connectivity index (χ1n) is 8.72. The molecule has 2 aliphatic rings. The van der Waals surface area contributed by atoms with E-state index < -0.39 is 6.10 Å². The number of nitrogens with one attached hydrogen (secondary N) is 1. The zero-order valence-corrected chi connectivity index (χ0v) is 14.6. The van der Waals surface area contributed by atoms with Gasteiger partial charge < -0.3 is 10.4 Å². The number of piperidine rings is 1. The highest BCUT2D eigenvalue weighted by atomic mass is 32.1. The van der Waals surface area contributed by atoms with Gasteiger partial charge in [0.15, 0.2) is 0 Å². The van der Waals surface area contributed by atoms with Crippen molar-refractivity contribution in [2.45, 2.75) is 30.4 Å². The van der Waals surface area contributed by atoms with E-state index in [0.29, 0.717) is 0 Å². The summed E-state index contributed by atoms with van der Waals surface area (Å²) in [5.74, 6) is 0. The van der Waals surface area contributed by atoms with Crippen molar-refractivity contribution in [3.05, 3.63) is 58.4 Å². The SMILES string of the molecule is O[C@H]1[C@H](n2cc(-c3ccsc3)nn2)c2ccccc2C12CCNCC2. The van der Waals surface area contributed by atoms with Crippen LogP contribution in [0.3, 0.4) is 0 Å². The Labute approximate surface area is 150 Å². The van der Waals surface area contributed by atoms with Gasteiger partial charge in [0.2, 0.25) is 0 Å². The summed E-state index contributed by atoms with van der Waals surface area (Å²) < 4.78 is 1.85. The Kier molecular flexibility index (Phi) is 3.51. The second-order valence-corrected chi connectivity index (χ2v) is 7.76. The highest BCUT2D eigenvalue weighted by Crippen LogP contribution is 2.51. The van der Waals surface area contributed by atoms with Gasteiger partial charge in [-0.3, -0.25) is 0 Å². The topological polar surface area (TPSA) is 63.0 Å². The van der Waals surface area contributed by atoms with Gasteiger partial charge in [-0.1, -0.05) is 29.5 Å². The van der Waals surface area contributed by atoms with Crippen molar-refractivity contribution in [2.24, 2.45) is 0 Å². The van der Waals surface area contributed by atoms with Crippen molar-refractivity contribution >= 4 is 11.3 Å². The molecular formula is C19H20N4OS. The van der Waals surface area contributed by atoms with Crippen molar-refractivity contribution in [2.75, 3.05) is 13.1 Å². The first kappa shape index (κ1) is 15.3. The van der Waals surface area contributed by atoms with Crippen molar-refractivity contribution in [1.29, 1.82) is 0 Å². The van der Waals surface area contributed by atoms with Crippen LogP contribution in [0.5, 0.6) is 0 Å². The van der Waals surface area contributed by atoms with Gasteiger partial charge in [-0.15, -0.1) is 5.10 Å². The molecule has 0 amide bonds. The lowest BCUT2D eigenvalue weighted by atomic mass is 9.72. The molecule has 2 atom stereocenters. The molecule has 2 aromatic heterocycles. The second kappa shape index (κ2) is 5.76. The molecule has 3 heterocycles. The molecule has 1 aromatic carbocycles. The minimum atomic E-state index is -0.482. The number of aromatic nitrogens is 3. The average molecular weight is 352 g/mol. The molecule has 5 rings (SSSR count). The maximum Gasteiger partial charge on any atom is 0.113 e. The average Bonchev–Trinajstić information content (AvgIpc) is 3.37. The predicted molar refractivity (Wildman–Crippen MR) is 97.7 cm³/mol. The number of fused-ring (bicyclic) bond motifs is 2. The van der Waals surface area contributed by atoms with Crippen molar-refractivity contribution in [3.63, 3.8) is 0 Å². The zero-order valence-electron chi connectivity index (χ0n) is 13.8. The Hall–Kier alpha value is -2.02. The zero-order chi connectivity index (χ0) is 16.9. The molecule has 3 aromatic rings. The molecule has 1 aliphatic heterocycles. The van der Waals surface area contributed by atoms with E-state index in [4.69, 9.17) is 0 Å². The molecule has 2 N–H and O–H groups in total. The van der Waals surface area contributed by atoms with Crippen molar-refractivity contribution < 1.29 is 5.11 Å². The minimum absolute atomic E-state index is 0.172. The second-order valence-electron chi connectivity index (χ2n) is 6.98. The van der Waals surface area contributed by atoms with Crippen LogP contribution in [-0.2, 0) is 5.41 Å². The Morgan fingerprint density at radius 2 is 2.04 bits per heavy atom. The van der Waals surface area contributed by atoms with Crippen LogP contribution in [0.4, 0.5) is 0 Å². The Morgan fingerprint density at radius 1 is 1.20 bits per heavy atom. The number of hydrogen-bond donors (Lipinski definition) is 2. The summed E-state index contributed by atoms with van der Waals surface area (Å²) in [5, 5.41) is 27.6. The van der Waals surface area contributed by atoms with E-state index in [0.717, 1.165) is 37.2 Å². The molecule has 25 heavy (non-hydrogen) atoms. The number of hydrogen-bond acceptors (Lipinski definition) is 5. The van der Waals surface area contributed by atoms with Crippen LogP contribution in [0.25, 0.3) is 11.3 Å². The molecule has 0 saturated carbocycles. The smallest absolute Gasteiger partial charge is 0.113 e. The summed E-state index contributed by atoms with van der Waals surface area (Å²) in [4.78, 5) is 0. The summed E-state index contributed by atoms with van der Waals surface area (Å²) in [6, 6.07) is 10.3. The molecular weight excluding hydrogens is 332 g/mol.